The van der Waals surface area contributed by atoms with Crippen molar-refractivity contribution in [2.24, 2.45) is 0 Å². The summed E-state index contributed by atoms with van der Waals surface area (Å²) in [6, 6.07) is 0. The Morgan fingerprint density at radius 1 is 1.82 bits per heavy atom. The molecule has 1 fully saturated rings. The molecule has 11 heavy (non-hydrogen) atoms. The molecule has 0 aromatic rings. The topological polar surface area (TPSA) is 20.3 Å². The van der Waals surface area contributed by atoms with Crippen LogP contribution in [0.15, 0.2) is 11.0 Å². The SMILES string of the molecule is O=C1C[C@H]2SC=C(CI)CN12. The number of halogens is 1. The molecule has 0 radical (unpaired) electrons. The van der Waals surface area contributed by atoms with Crippen LogP contribution < -0.4 is 0 Å². The maximum Gasteiger partial charge on any atom is 0.226 e. The Kier molecular flexibility index (Phi) is 2.14. The van der Waals surface area contributed by atoms with Crippen molar-refractivity contribution in [2.45, 2.75) is 11.8 Å². The van der Waals surface area contributed by atoms with Gasteiger partial charge in [0.15, 0.2) is 0 Å². The molecule has 0 N–H and O–H groups in total. The second kappa shape index (κ2) is 2.97. The molecular formula is C7H8INOS. The molecule has 2 aliphatic heterocycles. The van der Waals surface area contributed by atoms with Gasteiger partial charge < -0.3 is 4.90 Å². The van der Waals surface area contributed by atoms with Crippen LogP contribution >= 0.6 is 34.4 Å². The van der Waals surface area contributed by atoms with Crippen LogP contribution in [-0.2, 0) is 4.79 Å². The Balaban J connectivity index is 2.07. The van der Waals surface area contributed by atoms with Gasteiger partial charge in [0.05, 0.1) is 11.8 Å². The molecule has 1 saturated heterocycles. The number of thioether (sulfide) groups is 1. The van der Waals surface area contributed by atoms with Crippen molar-refractivity contribution in [2.75, 3.05) is 11.0 Å². The Morgan fingerprint density at radius 3 is 3.27 bits per heavy atom. The van der Waals surface area contributed by atoms with Crippen LogP contribution in [-0.4, -0.2) is 27.2 Å². The molecule has 1 amide bonds. The summed E-state index contributed by atoms with van der Waals surface area (Å²) in [5.74, 6) is 0.318. The fraction of sp³-hybridized carbons (Fsp3) is 0.571. The molecule has 0 unspecified atom stereocenters. The number of fused-ring (bicyclic) bond motifs is 1. The number of hydrogen-bond donors (Lipinski definition) is 0. The second-order valence-corrected chi connectivity index (χ2v) is 4.54. The van der Waals surface area contributed by atoms with E-state index < -0.39 is 0 Å². The van der Waals surface area contributed by atoms with E-state index in [9.17, 15) is 4.79 Å². The molecule has 0 aromatic heterocycles. The number of carbonyl (C=O) groups excluding carboxylic acids is 1. The zero-order valence-corrected chi connectivity index (χ0v) is 8.89. The van der Waals surface area contributed by atoms with Crippen LogP contribution in [0.25, 0.3) is 0 Å². The first-order chi connectivity index (χ1) is 5.31. The first kappa shape index (κ1) is 7.91. The summed E-state index contributed by atoms with van der Waals surface area (Å²) >= 11 is 4.12. The largest absolute Gasteiger partial charge is 0.326 e. The molecule has 4 heteroatoms. The summed E-state index contributed by atoms with van der Waals surface area (Å²) < 4.78 is 1.04. The minimum absolute atomic E-state index is 0.318. The Bertz CT molecular complexity index is 228. The van der Waals surface area contributed by atoms with Gasteiger partial charge in [-0.25, -0.2) is 0 Å². The average molecular weight is 281 g/mol. The molecule has 2 aliphatic rings. The maximum atomic E-state index is 11.0. The number of alkyl halides is 1. The highest BCUT2D eigenvalue weighted by molar-refractivity contribution is 14.1. The maximum absolute atomic E-state index is 11.0. The van der Waals surface area contributed by atoms with Crippen LogP contribution in [0.4, 0.5) is 0 Å². The lowest BCUT2D eigenvalue weighted by atomic mass is 10.1. The highest BCUT2D eigenvalue weighted by atomic mass is 127. The van der Waals surface area contributed by atoms with E-state index in [1.54, 1.807) is 11.8 Å². The average Bonchev–Trinajstić information content (AvgIpc) is 2.03. The van der Waals surface area contributed by atoms with E-state index in [0.29, 0.717) is 11.3 Å². The summed E-state index contributed by atoms with van der Waals surface area (Å²) in [7, 11) is 0. The van der Waals surface area contributed by atoms with Crippen molar-refractivity contribution in [3.8, 4) is 0 Å². The van der Waals surface area contributed by atoms with Crippen LogP contribution in [0.3, 0.4) is 0 Å². The quantitative estimate of drug-likeness (QED) is 0.413. The van der Waals surface area contributed by atoms with Gasteiger partial charge in [0.2, 0.25) is 5.91 Å². The monoisotopic (exact) mass is 281 g/mol. The number of hydrogen-bond acceptors (Lipinski definition) is 2. The number of amides is 1. The summed E-state index contributed by atoms with van der Waals surface area (Å²) in [5, 5.41) is 2.68. The van der Waals surface area contributed by atoms with E-state index in [1.165, 1.54) is 5.57 Å². The van der Waals surface area contributed by atoms with Crippen molar-refractivity contribution in [3.05, 3.63) is 11.0 Å². The van der Waals surface area contributed by atoms with Crippen LogP contribution in [0.5, 0.6) is 0 Å². The van der Waals surface area contributed by atoms with Gasteiger partial charge in [-0.05, 0) is 11.0 Å². The second-order valence-electron chi connectivity index (χ2n) is 2.73. The fourth-order valence-corrected chi connectivity index (χ4v) is 3.09. The van der Waals surface area contributed by atoms with Gasteiger partial charge in [0.1, 0.15) is 0 Å². The van der Waals surface area contributed by atoms with Gasteiger partial charge in [0.25, 0.3) is 0 Å². The Morgan fingerprint density at radius 2 is 2.64 bits per heavy atom. The minimum atomic E-state index is 0.318. The summed E-state index contributed by atoms with van der Waals surface area (Å²) in [4.78, 5) is 13.0. The van der Waals surface area contributed by atoms with E-state index >= 15 is 0 Å². The number of rotatable bonds is 1. The molecule has 0 bridgehead atoms. The molecule has 2 heterocycles. The summed E-state index contributed by atoms with van der Waals surface area (Å²) in [5.41, 5.74) is 1.37. The number of nitrogens with zero attached hydrogens (tertiary/aromatic N) is 1. The van der Waals surface area contributed by atoms with E-state index in [-0.39, 0.29) is 0 Å². The van der Waals surface area contributed by atoms with E-state index in [0.717, 1.165) is 17.4 Å². The Hall–Kier alpha value is 0.290. The Labute approximate surface area is 83.5 Å². The smallest absolute Gasteiger partial charge is 0.226 e. The summed E-state index contributed by atoms with van der Waals surface area (Å²) in [6.07, 6.45) is 0.746. The lowest BCUT2D eigenvalue weighted by Gasteiger charge is -2.42. The van der Waals surface area contributed by atoms with Gasteiger partial charge in [-0.15, -0.1) is 11.8 Å². The van der Waals surface area contributed by atoms with Gasteiger partial charge in [-0.2, -0.15) is 0 Å². The molecule has 0 aromatic carbocycles. The van der Waals surface area contributed by atoms with Crippen molar-refractivity contribution < 1.29 is 4.79 Å². The van der Waals surface area contributed by atoms with E-state index in [1.807, 2.05) is 4.90 Å². The van der Waals surface area contributed by atoms with E-state index in [2.05, 4.69) is 28.0 Å². The van der Waals surface area contributed by atoms with Crippen LogP contribution in [0.1, 0.15) is 6.42 Å². The summed E-state index contributed by atoms with van der Waals surface area (Å²) in [6.45, 7) is 0.874. The third kappa shape index (κ3) is 1.30. The number of carbonyl (C=O) groups is 1. The van der Waals surface area contributed by atoms with Gasteiger partial charge in [0, 0.05) is 11.0 Å². The molecule has 0 aliphatic carbocycles. The molecule has 0 spiro atoms. The van der Waals surface area contributed by atoms with Crippen molar-refractivity contribution in [1.29, 1.82) is 0 Å². The molecule has 2 rings (SSSR count). The molecule has 2 nitrogen and oxygen atoms in total. The first-order valence-corrected chi connectivity index (χ1v) is 5.97. The highest BCUT2D eigenvalue weighted by Crippen LogP contribution is 2.35. The van der Waals surface area contributed by atoms with Gasteiger partial charge >= 0.3 is 0 Å². The lowest BCUT2D eigenvalue weighted by molar-refractivity contribution is -0.140. The van der Waals surface area contributed by atoms with Crippen molar-refractivity contribution >= 4 is 40.3 Å². The molecule has 1 atom stereocenters. The molecular weight excluding hydrogens is 273 g/mol. The third-order valence-electron chi connectivity index (χ3n) is 1.95. The predicted octanol–water partition coefficient (Wildman–Crippen LogP) is 1.61. The predicted molar refractivity (Wildman–Crippen MR) is 54.7 cm³/mol. The number of β-lactam (4-membered cyclic amide) rings is 1. The normalized spacial score (nSPS) is 29.2. The van der Waals surface area contributed by atoms with Gasteiger partial charge in [-0.1, -0.05) is 22.6 Å². The fourth-order valence-electron chi connectivity index (χ4n) is 1.24. The molecule has 60 valence electrons. The van der Waals surface area contributed by atoms with Crippen molar-refractivity contribution in [3.63, 3.8) is 0 Å². The standard InChI is InChI=1S/C7H8INOS/c8-2-5-3-9-6(10)1-7(9)11-4-5/h4,7H,1-3H2/t7-/m1/s1. The highest BCUT2D eigenvalue weighted by Gasteiger charge is 2.38. The zero-order valence-electron chi connectivity index (χ0n) is 5.92. The van der Waals surface area contributed by atoms with Crippen LogP contribution in [0.2, 0.25) is 0 Å². The molecule has 0 saturated carbocycles. The van der Waals surface area contributed by atoms with Crippen molar-refractivity contribution in [1.82, 2.24) is 4.90 Å². The first-order valence-electron chi connectivity index (χ1n) is 3.50. The zero-order chi connectivity index (χ0) is 7.84. The van der Waals surface area contributed by atoms with Gasteiger partial charge in [-0.3, -0.25) is 4.79 Å². The third-order valence-corrected chi connectivity index (χ3v) is 4.14. The minimum Gasteiger partial charge on any atom is -0.326 e. The lowest BCUT2D eigenvalue weighted by Crippen LogP contribution is -2.52. The van der Waals surface area contributed by atoms with Crippen LogP contribution in [0, 0.1) is 0 Å². The van der Waals surface area contributed by atoms with E-state index in [4.69, 9.17) is 0 Å².